The Kier molecular flexibility index (Phi) is 4.54. The van der Waals surface area contributed by atoms with E-state index in [4.69, 9.17) is 5.73 Å². The normalized spacial score (nSPS) is 19.5. The molecular formula is C19H19FN6OS. The van der Waals surface area contributed by atoms with E-state index in [-0.39, 0.29) is 11.5 Å². The predicted octanol–water partition coefficient (Wildman–Crippen LogP) is 3.10. The molecule has 2 aromatic heterocycles. The van der Waals surface area contributed by atoms with Crippen molar-refractivity contribution in [2.24, 2.45) is 10.7 Å². The molecule has 1 atom stereocenters. The number of carbonyl (C=O) groups is 1. The number of amidine groups is 1. The van der Waals surface area contributed by atoms with E-state index in [1.807, 2.05) is 20.0 Å². The second-order valence-electron chi connectivity index (χ2n) is 6.89. The van der Waals surface area contributed by atoms with Gasteiger partial charge in [0.15, 0.2) is 10.8 Å². The molecule has 3 N–H and O–H groups in total. The van der Waals surface area contributed by atoms with Crippen LogP contribution >= 0.6 is 11.8 Å². The fourth-order valence-corrected chi connectivity index (χ4v) is 4.21. The van der Waals surface area contributed by atoms with Gasteiger partial charge < -0.3 is 15.5 Å². The van der Waals surface area contributed by atoms with Gasteiger partial charge in [-0.2, -0.15) is 0 Å². The highest BCUT2D eigenvalue weighted by Crippen LogP contribution is 2.37. The van der Waals surface area contributed by atoms with E-state index in [2.05, 4.69) is 20.3 Å². The molecule has 1 aromatic carbocycles. The molecule has 1 amide bonds. The number of hydrogen-bond acceptors (Lipinski definition) is 6. The fourth-order valence-electron chi connectivity index (χ4n) is 3.23. The van der Waals surface area contributed by atoms with Crippen LogP contribution in [0.5, 0.6) is 0 Å². The van der Waals surface area contributed by atoms with Gasteiger partial charge in [0.2, 0.25) is 0 Å². The van der Waals surface area contributed by atoms with Crippen molar-refractivity contribution in [3.05, 3.63) is 59.6 Å². The lowest BCUT2D eigenvalue weighted by atomic mass is 9.89. The summed E-state index contributed by atoms with van der Waals surface area (Å²) in [6, 6.07) is 4.46. The third-order valence-electron chi connectivity index (χ3n) is 4.69. The minimum atomic E-state index is -0.758. The van der Waals surface area contributed by atoms with Gasteiger partial charge in [-0.05, 0) is 38.5 Å². The van der Waals surface area contributed by atoms with Gasteiger partial charge in [-0.1, -0.05) is 11.8 Å². The van der Waals surface area contributed by atoms with Crippen LogP contribution in [0.4, 0.5) is 10.1 Å². The number of aryl methyl sites for hydroxylation is 1. The van der Waals surface area contributed by atoms with Crippen molar-refractivity contribution in [3.8, 4) is 0 Å². The van der Waals surface area contributed by atoms with Gasteiger partial charge in [0.25, 0.3) is 5.91 Å². The Hall–Kier alpha value is -2.94. The van der Waals surface area contributed by atoms with Gasteiger partial charge >= 0.3 is 0 Å². The Balaban J connectivity index is 1.62. The number of thioether (sulfide) groups is 1. The number of rotatable bonds is 3. The number of halogens is 1. The smallest absolute Gasteiger partial charge is 0.275 e. The predicted molar refractivity (Wildman–Crippen MR) is 108 cm³/mol. The third-order valence-corrected chi connectivity index (χ3v) is 5.49. The summed E-state index contributed by atoms with van der Waals surface area (Å²) in [5.74, 6) is -0.00796. The average Bonchev–Trinajstić information content (AvgIpc) is 3.02. The lowest BCUT2D eigenvalue weighted by Crippen LogP contribution is -2.29. The molecular weight excluding hydrogens is 379 g/mol. The molecule has 0 spiro atoms. The first-order valence-corrected chi connectivity index (χ1v) is 9.73. The van der Waals surface area contributed by atoms with Gasteiger partial charge in [-0.25, -0.2) is 14.4 Å². The Morgan fingerprint density at radius 2 is 2.21 bits per heavy atom. The Morgan fingerprint density at radius 3 is 3.00 bits per heavy atom. The van der Waals surface area contributed by atoms with E-state index in [1.165, 1.54) is 30.1 Å². The summed E-state index contributed by atoms with van der Waals surface area (Å²) >= 11 is 1.46. The molecule has 0 unspecified atom stereocenters. The average molecular weight is 398 g/mol. The number of aliphatic imine (C=N–C) groups is 1. The Morgan fingerprint density at radius 1 is 1.39 bits per heavy atom. The minimum Gasteiger partial charge on any atom is -0.379 e. The molecule has 0 fully saturated rings. The summed E-state index contributed by atoms with van der Waals surface area (Å²) in [5.41, 5.74) is 7.69. The highest BCUT2D eigenvalue weighted by molar-refractivity contribution is 8.13. The largest absolute Gasteiger partial charge is 0.379 e. The fraction of sp³-hybridized carbons (Fsp3) is 0.263. The molecule has 3 aromatic rings. The van der Waals surface area contributed by atoms with Gasteiger partial charge in [-0.3, -0.25) is 9.79 Å². The Labute approximate surface area is 165 Å². The maximum atomic E-state index is 14.5. The zero-order valence-corrected chi connectivity index (χ0v) is 16.3. The molecule has 0 saturated heterocycles. The van der Waals surface area contributed by atoms with Crippen LogP contribution in [0.3, 0.4) is 0 Å². The second kappa shape index (κ2) is 6.90. The Bertz CT molecular complexity index is 1110. The molecule has 0 radical (unpaired) electrons. The number of carbonyl (C=O) groups excluding carboxylic acids is 1. The maximum Gasteiger partial charge on any atom is 0.275 e. The number of nitrogens with two attached hydrogens (primary N) is 1. The number of anilines is 1. The van der Waals surface area contributed by atoms with Crippen LogP contribution in [0.1, 0.15) is 35.1 Å². The summed E-state index contributed by atoms with van der Waals surface area (Å²) < 4.78 is 16.3. The van der Waals surface area contributed by atoms with E-state index in [1.54, 1.807) is 16.7 Å². The summed E-state index contributed by atoms with van der Waals surface area (Å²) in [7, 11) is 0. The van der Waals surface area contributed by atoms with Crippen molar-refractivity contribution < 1.29 is 9.18 Å². The molecule has 0 bridgehead atoms. The number of amides is 1. The SMILES string of the molecule is Cc1cn2cc(C(=O)Nc3ccc(F)c([C@]4(C)CCSC(N)=N4)c3)ncc2n1. The number of nitrogens with one attached hydrogen (secondary N) is 1. The number of fused-ring (bicyclic) bond motifs is 1. The summed E-state index contributed by atoms with van der Waals surface area (Å²) in [6.45, 7) is 3.72. The summed E-state index contributed by atoms with van der Waals surface area (Å²) in [4.78, 5) is 25.5. The first-order valence-electron chi connectivity index (χ1n) is 8.75. The van der Waals surface area contributed by atoms with Gasteiger partial charge in [0, 0.05) is 29.4 Å². The van der Waals surface area contributed by atoms with Crippen molar-refractivity contribution in [1.29, 1.82) is 0 Å². The van der Waals surface area contributed by atoms with Crippen LogP contribution in [0.2, 0.25) is 0 Å². The van der Waals surface area contributed by atoms with Gasteiger partial charge in [-0.15, -0.1) is 0 Å². The molecule has 7 nitrogen and oxygen atoms in total. The maximum absolute atomic E-state index is 14.5. The molecule has 28 heavy (non-hydrogen) atoms. The van der Waals surface area contributed by atoms with Crippen LogP contribution in [-0.4, -0.2) is 31.2 Å². The molecule has 144 valence electrons. The number of imidazole rings is 1. The highest BCUT2D eigenvalue weighted by Gasteiger charge is 2.32. The van der Waals surface area contributed by atoms with Crippen LogP contribution in [0, 0.1) is 12.7 Å². The van der Waals surface area contributed by atoms with Crippen LogP contribution in [-0.2, 0) is 5.54 Å². The van der Waals surface area contributed by atoms with E-state index < -0.39 is 11.4 Å². The minimum absolute atomic E-state index is 0.235. The quantitative estimate of drug-likeness (QED) is 0.707. The van der Waals surface area contributed by atoms with E-state index >= 15 is 0 Å². The summed E-state index contributed by atoms with van der Waals surface area (Å²) in [6.07, 6.45) is 5.62. The van der Waals surface area contributed by atoms with E-state index in [9.17, 15) is 9.18 Å². The third kappa shape index (κ3) is 3.45. The highest BCUT2D eigenvalue weighted by atomic mass is 32.2. The van der Waals surface area contributed by atoms with Gasteiger partial charge in [0.05, 0.1) is 17.4 Å². The first-order chi connectivity index (χ1) is 13.3. The van der Waals surface area contributed by atoms with Gasteiger partial charge in [0.1, 0.15) is 11.5 Å². The van der Waals surface area contributed by atoms with Crippen molar-refractivity contribution in [3.63, 3.8) is 0 Å². The number of hydrogen-bond donors (Lipinski definition) is 2. The van der Waals surface area contributed by atoms with Crippen LogP contribution in [0.15, 0.2) is 41.8 Å². The van der Waals surface area contributed by atoms with E-state index in [0.717, 1.165) is 11.4 Å². The standard InChI is InChI=1S/C19H19FN6OS/c1-11-9-26-10-15(22-8-16(26)23-11)17(27)24-12-3-4-14(20)13(7-12)19(2)5-6-28-18(21)25-19/h3-4,7-10H,5-6H2,1-2H3,(H2,21,25)(H,24,27)/t19-/m0/s1. The second-order valence-corrected chi connectivity index (χ2v) is 8.01. The monoisotopic (exact) mass is 398 g/mol. The number of benzene rings is 1. The van der Waals surface area contributed by atoms with Crippen LogP contribution < -0.4 is 11.1 Å². The molecule has 0 saturated carbocycles. The topological polar surface area (TPSA) is 97.7 Å². The zero-order chi connectivity index (χ0) is 19.9. The lowest BCUT2D eigenvalue weighted by molar-refractivity contribution is 0.102. The van der Waals surface area contributed by atoms with E-state index in [0.29, 0.717) is 28.5 Å². The van der Waals surface area contributed by atoms with Crippen molar-refractivity contribution in [2.75, 3.05) is 11.1 Å². The molecule has 1 aliphatic heterocycles. The lowest BCUT2D eigenvalue weighted by Gasteiger charge is -2.30. The molecule has 0 aliphatic carbocycles. The van der Waals surface area contributed by atoms with Crippen molar-refractivity contribution >= 4 is 34.2 Å². The summed E-state index contributed by atoms with van der Waals surface area (Å²) in [5, 5.41) is 3.22. The molecule has 1 aliphatic rings. The van der Waals surface area contributed by atoms with Crippen LogP contribution in [0.25, 0.3) is 5.65 Å². The van der Waals surface area contributed by atoms with Crippen molar-refractivity contribution in [1.82, 2.24) is 14.4 Å². The first kappa shape index (κ1) is 18.4. The molecule has 3 heterocycles. The van der Waals surface area contributed by atoms with Crippen molar-refractivity contribution in [2.45, 2.75) is 25.8 Å². The molecule has 9 heteroatoms. The number of nitrogens with zero attached hydrogens (tertiary/aromatic N) is 4. The molecule has 4 rings (SSSR count). The zero-order valence-electron chi connectivity index (χ0n) is 15.4. The number of aromatic nitrogens is 3.